The molecule has 2 atom stereocenters. The molecule has 1 saturated carbocycles. The monoisotopic (exact) mass is 315 g/mol. The molecular weight excluding hydrogens is 297 g/mol. The van der Waals surface area contributed by atoms with Crippen molar-refractivity contribution in [1.29, 1.82) is 0 Å². The van der Waals surface area contributed by atoms with Crippen molar-refractivity contribution in [3.05, 3.63) is 29.6 Å². The van der Waals surface area contributed by atoms with Gasteiger partial charge in [-0.15, -0.1) is 0 Å². The van der Waals surface area contributed by atoms with Crippen molar-refractivity contribution in [1.82, 2.24) is 4.72 Å². The maximum Gasteiger partial charge on any atom is 0.240 e. The Hall–Kier alpha value is -1.02. The highest BCUT2D eigenvalue weighted by Gasteiger charge is 2.42. The summed E-state index contributed by atoms with van der Waals surface area (Å²) in [6.07, 6.45) is 2.74. The molecule has 0 bridgehead atoms. The number of aliphatic hydroxyl groups excluding tert-OH is 1. The lowest BCUT2D eigenvalue weighted by atomic mass is 10.1. The van der Waals surface area contributed by atoms with Crippen LogP contribution >= 0.6 is 0 Å². The van der Waals surface area contributed by atoms with Crippen LogP contribution in [0.2, 0.25) is 0 Å². The summed E-state index contributed by atoms with van der Waals surface area (Å²) in [6.45, 7) is 0.0199. The average Bonchev–Trinajstić information content (AvgIpc) is 3.20. The van der Waals surface area contributed by atoms with E-state index in [1.807, 2.05) is 0 Å². The summed E-state index contributed by atoms with van der Waals surface area (Å²) in [5, 5.41) is 9.04. The van der Waals surface area contributed by atoms with Crippen molar-refractivity contribution in [2.75, 3.05) is 6.61 Å². The SMILES string of the molecule is O=S(=O)(NC1CCOC1C1CC1)c1ccc(F)c(CO)c1. The van der Waals surface area contributed by atoms with E-state index in [1.54, 1.807) is 0 Å². The van der Waals surface area contributed by atoms with E-state index in [0.717, 1.165) is 18.9 Å². The zero-order valence-corrected chi connectivity index (χ0v) is 12.3. The minimum atomic E-state index is -3.74. The second-order valence-corrected chi connectivity index (χ2v) is 7.31. The highest BCUT2D eigenvalue weighted by atomic mass is 32.2. The van der Waals surface area contributed by atoms with Gasteiger partial charge in [-0.2, -0.15) is 0 Å². The van der Waals surface area contributed by atoms with Gasteiger partial charge >= 0.3 is 0 Å². The Morgan fingerprint density at radius 1 is 1.33 bits per heavy atom. The predicted molar refractivity (Wildman–Crippen MR) is 73.5 cm³/mol. The summed E-state index contributed by atoms with van der Waals surface area (Å²) in [5.74, 6) is -0.169. The third-order valence-corrected chi connectivity index (χ3v) is 5.51. The molecule has 116 valence electrons. The largest absolute Gasteiger partial charge is 0.392 e. The Bertz CT molecular complexity index is 630. The molecule has 0 aromatic heterocycles. The van der Waals surface area contributed by atoms with Gasteiger partial charge in [0.2, 0.25) is 10.0 Å². The maximum absolute atomic E-state index is 13.3. The van der Waals surface area contributed by atoms with Crippen LogP contribution in [0.25, 0.3) is 0 Å². The molecular formula is C14H18FNO4S. The standard InChI is InChI=1S/C14H18FNO4S/c15-12-4-3-11(7-10(12)8-17)21(18,19)16-13-5-6-20-14(13)9-1-2-9/h3-4,7,9,13-14,16-17H,1-2,5-6,8H2. The number of sulfonamides is 1. The number of nitrogens with one attached hydrogen (secondary N) is 1. The molecule has 0 radical (unpaired) electrons. The lowest BCUT2D eigenvalue weighted by molar-refractivity contribution is 0.0848. The van der Waals surface area contributed by atoms with E-state index in [2.05, 4.69) is 4.72 Å². The van der Waals surface area contributed by atoms with Crippen LogP contribution in [0.15, 0.2) is 23.1 Å². The zero-order valence-electron chi connectivity index (χ0n) is 11.5. The summed E-state index contributed by atoms with van der Waals surface area (Å²) in [4.78, 5) is -0.0330. The fraction of sp³-hybridized carbons (Fsp3) is 0.571. The van der Waals surface area contributed by atoms with Crippen LogP contribution in [0.4, 0.5) is 4.39 Å². The summed E-state index contributed by atoms with van der Waals surface area (Å²) in [7, 11) is -3.74. The first kappa shape index (κ1) is 14.9. The zero-order chi connectivity index (χ0) is 15.0. The molecule has 2 unspecified atom stereocenters. The summed E-state index contributed by atoms with van der Waals surface area (Å²) in [5.41, 5.74) is -0.0284. The first-order chi connectivity index (χ1) is 10.0. The van der Waals surface area contributed by atoms with Gasteiger partial charge in [0, 0.05) is 12.2 Å². The van der Waals surface area contributed by atoms with Gasteiger partial charge < -0.3 is 9.84 Å². The second kappa shape index (κ2) is 5.64. The fourth-order valence-corrected chi connectivity index (χ4v) is 4.06. The number of ether oxygens (including phenoxy) is 1. The van der Waals surface area contributed by atoms with Crippen LogP contribution in [-0.4, -0.2) is 32.3 Å². The average molecular weight is 315 g/mol. The van der Waals surface area contributed by atoms with Crippen LogP contribution in [0.3, 0.4) is 0 Å². The lowest BCUT2D eigenvalue weighted by Crippen LogP contribution is -2.41. The smallest absolute Gasteiger partial charge is 0.240 e. The van der Waals surface area contributed by atoms with E-state index < -0.39 is 22.4 Å². The normalized spacial score (nSPS) is 26.2. The van der Waals surface area contributed by atoms with Gasteiger partial charge in [-0.3, -0.25) is 0 Å². The molecule has 0 spiro atoms. The van der Waals surface area contributed by atoms with Crippen LogP contribution in [-0.2, 0) is 21.4 Å². The van der Waals surface area contributed by atoms with Gasteiger partial charge in [0.15, 0.2) is 0 Å². The van der Waals surface area contributed by atoms with Crippen molar-refractivity contribution in [2.24, 2.45) is 5.92 Å². The highest BCUT2D eigenvalue weighted by molar-refractivity contribution is 7.89. The van der Waals surface area contributed by atoms with Gasteiger partial charge in [0.05, 0.1) is 23.6 Å². The van der Waals surface area contributed by atoms with Crippen LogP contribution in [0.5, 0.6) is 0 Å². The Kier molecular flexibility index (Phi) is 4.00. The molecule has 1 aromatic rings. The Balaban J connectivity index is 1.80. The molecule has 2 aliphatic rings. The molecule has 7 heteroatoms. The van der Waals surface area contributed by atoms with Gasteiger partial charge in [-0.1, -0.05) is 0 Å². The summed E-state index contributed by atoms with van der Waals surface area (Å²) < 4.78 is 46.4. The number of rotatable bonds is 5. The Morgan fingerprint density at radius 2 is 2.10 bits per heavy atom. The Morgan fingerprint density at radius 3 is 2.76 bits per heavy atom. The Labute approximate surface area is 123 Å². The topological polar surface area (TPSA) is 75.6 Å². The fourth-order valence-electron chi connectivity index (χ4n) is 2.73. The van der Waals surface area contributed by atoms with Crippen LogP contribution in [0.1, 0.15) is 24.8 Å². The van der Waals surface area contributed by atoms with E-state index in [9.17, 15) is 12.8 Å². The molecule has 2 fully saturated rings. The number of aliphatic hydroxyl groups is 1. The molecule has 2 N–H and O–H groups in total. The number of halogens is 1. The van der Waals surface area contributed by atoms with Gasteiger partial charge in [-0.25, -0.2) is 17.5 Å². The summed E-state index contributed by atoms with van der Waals surface area (Å²) >= 11 is 0. The third kappa shape index (κ3) is 3.11. The molecule has 5 nitrogen and oxygen atoms in total. The van der Waals surface area contributed by atoms with Crippen LogP contribution in [0, 0.1) is 11.7 Å². The minimum Gasteiger partial charge on any atom is -0.392 e. The summed E-state index contributed by atoms with van der Waals surface area (Å²) in [6, 6.07) is 3.20. The molecule has 1 aliphatic heterocycles. The lowest BCUT2D eigenvalue weighted by Gasteiger charge is -2.19. The van der Waals surface area contributed by atoms with E-state index in [-0.39, 0.29) is 22.6 Å². The molecule has 1 heterocycles. The minimum absolute atomic E-state index is 0.0284. The van der Waals surface area contributed by atoms with Gasteiger partial charge in [0.1, 0.15) is 5.82 Å². The van der Waals surface area contributed by atoms with Crippen molar-refractivity contribution in [3.8, 4) is 0 Å². The van der Waals surface area contributed by atoms with Crippen molar-refractivity contribution in [2.45, 2.75) is 42.9 Å². The van der Waals surface area contributed by atoms with Crippen LogP contribution < -0.4 is 4.72 Å². The first-order valence-corrected chi connectivity index (χ1v) is 8.53. The third-order valence-electron chi connectivity index (χ3n) is 4.03. The first-order valence-electron chi connectivity index (χ1n) is 7.04. The molecule has 1 saturated heterocycles. The van der Waals surface area contributed by atoms with E-state index in [0.29, 0.717) is 18.9 Å². The van der Waals surface area contributed by atoms with E-state index in [4.69, 9.17) is 9.84 Å². The molecule has 21 heavy (non-hydrogen) atoms. The molecule has 3 rings (SSSR count). The quantitative estimate of drug-likeness (QED) is 0.855. The molecule has 1 aromatic carbocycles. The number of benzene rings is 1. The van der Waals surface area contributed by atoms with Crippen molar-refractivity contribution >= 4 is 10.0 Å². The van der Waals surface area contributed by atoms with E-state index in [1.165, 1.54) is 12.1 Å². The molecule has 1 aliphatic carbocycles. The van der Waals surface area contributed by atoms with Crippen molar-refractivity contribution in [3.63, 3.8) is 0 Å². The van der Waals surface area contributed by atoms with Gasteiger partial charge in [0.25, 0.3) is 0 Å². The predicted octanol–water partition coefficient (Wildman–Crippen LogP) is 1.16. The highest BCUT2D eigenvalue weighted by Crippen LogP contribution is 2.39. The van der Waals surface area contributed by atoms with E-state index >= 15 is 0 Å². The number of hydrogen-bond donors (Lipinski definition) is 2. The maximum atomic E-state index is 13.3. The second-order valence-electron chi connectivity index (χ2n) is 5.60. The van der Waals surface area contributed by atoms with Crippen molar-refractivity contribution < 1.29 is 22.7 Å². The van der Waals surface area contributed by atoms with Gasteiger partial charge in [-0.05, 0) is 43.4 Å². The number of hydrogen-bond acceptors (Lipinski definition) is 4. The molecule has 0 amide bonds.